The molecule has 2 atom stereocenters. The molecule has 0 bridgehead atoms. The van der Waals surface area contributed by atoms with Crippen molar-refractivity contribution in [3.05, 3.63) is 24.2 Å². The molecule has 0 aliphatic rings. The number of nitrogens with two attached hydrogens (primary N) is 1. The Kier molecular flexibility index (Phi) is 4.69. The van der Waals surface area contributed by atoms with Crippen molar-refractivity contribution in [1.29, 1.82) is 0 Å². The average molecular weight is 254 g/mol. The van der Waals surface area contributed by atoms with Crippen LogP contribution >= 0.6 is 12.2 Å². The highest BCUT2D eigenvalue weighted by Gasteiger charge is 2.26. The summed E-state index contributed by atoms with van der Waals surface area (Å²) < 4.78 is 5.22. The van der Waals surface area contributed by atoms with Gasteiger partial charge in [0, 0.05) is 0 Å². The van der Waals surface area contributed by atoms with Crippen LogP contribution in [-0.4, -0.2) is 10.9 Å². The number of hydrogen-bond donors (Lipinski definition) is 2. The summed E-state index contributed by atoms with van der Waals surface area (Å²) in [6.07, 6.45) is 1.57. The Hall–Kier alpha value is -1.36. The molecule has 0 saturated heterocycles. The molecule has 1 amide bonds. The quantitative estimate of drug-likeness (QED) is 0.789. The van der Waals surface area contributed by atoms with Crippen LogP contribution in [0, 0.1) is 11.8 Å². The SMILES string of the molecule is CC(NC(=O)C(C(N)=S)C(C)C)c1ccco1. The molecule has 1 aromatic heterocycles. The highest BCUT2D eigenvalue weighted by Crippen LogP contribution is 2.16. The van der Waals surface area contributed by atoms with Crippen molar-refractivity contribution >= 4 is 23.1 Å². The van der Waals surface area contributed by atoms with Crippen LogP contribution < -0.4 is 11.1 Å². The first-order valence-electron chi connectivity index (χ1n) is 5.56. The second-order valence-electron chi connectivity index (χ2n) is 4.37. The molecule has 0 spiro atoms. The Morgan fingerprint density at radius 1 is 1.47 bits per heavy atom. The first-order valence-corrected chi connectivity index (χ1v) is 5.97. The zero-order valence-electron chi connectivity index (χ0n) is 10.3. The van der Waals surface area contributed by atoms with E-state index in [-0.39, 0.29) is 22.9 Å². The van der Waals surface area contributed by atoms with Gasteiger partial charge in [0.25, 0.3) is 0 Å². The standard InChI is InChI=1S/C12H18N2O2S/c1-7(2)10(11(13)17)12(15)14-8(3)9-5-4-6-16-9/h4-8,10H,1-3H3,(H2,13,17)(H,14,15). The fraction of sp³-hybridized carbons (Fsp3) is 0.500. The predicted octanol–water partition coefficient (Wildman–Crippen LogP) is 2.02. The van der Waals surface area contributed by atoms with E-state index in [1.807, 2.05) is 26.8 Å². The highest BCUT2D eigenvalue weighted by atomic mass is 32.1. The van der Waals surface area contributed by atoms with Crippen LogP contribution in [-0.2, 0) is 4.79 Å². The van der Waals surface area contributed by atoms with Crippen LogP contribution in [0.5, 0.6) is 0 Å². The summed E-state index contributed by atoms with van der Waals surface area (Å²) in [5.74, 6) is 0.193. The monoisotopic (exact) mass is 254 g/mol. The molecular weight excluding hydrogens is 236 g/mol. The van der Waals surface area contributed by atoms with Gasteiger partial charge in [-0.1, -0.05) is 26.1 Å². The van der Waals surface area contributed by atoms with Gasteiger partial charge in [-0.15, -0.1) is 0 Å². The Morgan fingerprint density at radius 3 is 2.53 bits per heavy atom. The van der Waals surface area contributed by atoms with Crippen molar-refractivity contribution in [3.63, 3.8) is 0 Å². The minimum absolute atomic E-state index is 0.0799. The van der Waals surface area contributed by atoms with Gasteiger partial charge in [-0.25, -0.2) is 0 Å². The largest absolute Gasteiger partial charge is 0.467 e. The lowest BCUT2D eigenvalue weighted by atomic mass is 9.94. The fourth-order valence-corrected chi connectivity index (χ4v) is 2.05. The maximum atomic E-state index is 12.0. The van der Waals surface area contributed by atoms with E-state index in [0.29, 0.717) is 5.76 Å². The zero-order valence-corrected chi connectivity index (χ0v) is 11.1. The van der Waals surface area contributed by atoms with E-state index in [0.717, 1.165) is 0 Å². The van der Waals surface area contributed by atoms with Gasteiger partial charge in [0.15, 0.2) is 0 Å². The van der Waals surface area contributed by atoms with Gasteiger partial charge in [0.05, 0.1) is 23.2 Å². The van der Waals surface area contributed by atoms with E-state index >= 15 is 0 Å². The molecule has 1 rings (SSSR count). The van der Waals surface area contributed by atoms with E-state index in [4.69, 9.17) is 22.4 Å². The van der Waals surface area contributed by atoms with E-state index in [1.54, 1.807) is 12.3 Å². The number of carbonyl (C=O) groups is 1. The van der Waals surface area contributed by atoms with Crippen LogP contribution in [0.1, 0.15) is 32.6 Å². The minimum atomic E-state index is -0.442. The van der Waals surface area contributed by atoms with Gasteiger partial charge < -0.3 is 15.5 Å². The van der Waals surface area contributed by atoms with Crippen LogP contribution in [0.4, 0.5) is 0 Å². The van der Waals surface area contributed by atoms with E-state index in [1.165, 1.54) is 0 Å². The molecule has 0 aliphatic carbocycles. The molecule has 0 radical (unpaired) electrons. The van der Waals surface area contributed by atoms with Crippen LogP contribution in [0.2, 0.25) is 0 Å². The third kappa shape index (κ3) is 3.56. The van der Waals surface area contributed by atoms with Crippen LogP contribution in [0.15, 0.2) is 22.8 Å². The molecule has 0 aliphatic heterocycles. The second kappa shape index (κ2) is 5.82. The molecule has 3 N–H and O–H groups in total. The number of furan rings is 1. The molecule has 0 aromatic carbocycles. The summed E-state index contributed by atoms with van der Waals surface area (Å²) in [6, 6.07) is 3.41. The molecule has 0 saturated carbocycles. The van der Waals surface area contributed by atoms with E-state index < -0.39 is 5.92 Å². The molecule has 2 unspecified atom stereocenters. The van der Waals surface area contributed by atoms with Gasteiger partial charge in [0.2, 0.25) is 5.91 Å². The minimum Gasteiger partial charge on any atom is -0.467 e. The summed E-state index contributed by atoms with van der Waals surface area (Å²) in [6.45, 7) is 5.69. The van der Waals surface area contributed by atoms with Gasteiger partial charge in [-0.3, -0.25) is 4.79 Å². The lowest BCUT2D eigenvalue weighted by Gasteiger charge is -2.21. The Bertz CT molecular complexity index is 387. The molecule has 94 valence electrons. The topological polar surface area (TPSA) is 68.3 Å². The summed E-state index contributed by atoms with van der Waals surface area (Å²) in [5, 5.41) is 2.84. The first-order chi connectivity index (χ1) is 7.93. The second-order valence-corrected chi connectivity index (χ2v) is 4.84. The highest BCUT2D eigenvalue weighted by molar-refractivity contribution is 7.80. The maximum absolute atomic E-state index is 12.0. The van der Waals surface area contributed by atoms with Gasteiger partial charge in [-0.2, -0.15) is 0 Å². The lowest BCUT2D eigenvalue weighted by molar-refractivity contribution is -0.124. The zero-order chi connectivity index (χ0) is 13.0. The Morgan fingerprint density at radius 2 is 2.12 bits per heavy atom. The van der Waals surface area contributed by atoms with Crippen molar-refractivity contribution in [2.24, 2.45) is 17.6 Å². The Balaban J connectivity index is 2.68. The molecule has 0 fully saturated rings. The number of hydrogen-bond acceptors (Lipinski definition) is 3. The summed E-state index contributed by atoms with van der Waals surface area (Å²) in [7, 11) is 0. The fourth-order valence-electron chi connectivity index (χ4n) is 1.67. The number of nitrogens with one attached hydrogen (secondary N) is 1. The summed E-state index contributed by atoms with van der Waals surface area (Å²) in [4.78, 5) is 12.2. The third-order valence-corrected chi connectivity index (χ3v) is 2.84. The Labute approximate surface area is 107 Å². The van der Waals surface area contributed by atoms with Gasteiger partial charge in [0.1, 0.15) is 5.76 Å². The molecule has 1 heterocycles. The van der Waals surface area contributed by atoms with Crippen molar-refractivity contribution in [3.8, 4) is 0 Å². The normalized spacial score (nSPS) is 14.4. The number of carbonyl (C=O) groups excluding carboxylic acids is 1. The van der Waals surface area contributed by atoms with Crippen molar-refractivity contribution in [2.75, 3.05) is 0 Å². The van der Waals surface area contributed by atoms with Crippen molar-refractivity contribution in [2.45, 2.75) is 26.8 Å². The first kappa shape index (κ1) is 13.7. The molecule has 4 nitrogen and oxygen atoms in total. The van der Waals surface area contributed by atoms with Gasteiger partial charge >= 0.3 is 0 Å². The number of thiocarbonyl (C=S) groups is 1. The van der Waals surface area contributed by atoms with E-state index in [2.05, 4.69) is 5.32 Å². The smallest absolute Gasteiger partial charge is 0.230 e. The van der Waals surface area contributed by atoms with Gasteiger partial charge in [-0.05, 0) is 25.0 Å². The lowest BCUT2D eigenvalue weighted by Crippen LogP contribution is -2.41. The summed E-state index contributed by atoms with van der Waals surface area (Å²) in [5.41, 5.74) is 5.58. The molecular formula is C12H18N2O2S. The number of rotatable bonds is 5. The molecule has 17 heavy (non-hydrogen) atoms. The average Bonchev–Trinajstić information content (AvgIpc) is 2.68. The van der Waals surface area contributed by atoms with Crippen molar-refractivity contribution < 1.29 is 9.21 Å². The van der Waals surface area contributed by atoms with Crippen molar-refractivity contribution in [1.82, 2.24) is 5.32 Å². The summed E-state index contributed by atoms with van der Waals surface area (Å²) >= 11 is 4.92. The maximum Gasteiger partial charge on any atom is 0.230 e. The third-order valence-electron chi connectivity index (χ3n) is 2.58. The molecule has 5 heteroatoms. The molecule has 1 aromatic rings. The van der Waals surface area contributed by atoms with Crippen LogP contribution in [0.3, 0.4) is 0 Å². The van der Waals surface area contributed by atoms with Crippen LogP contribution in [0.25, 0.3) is 0 Å². The van der Waals surface area contributed by atoms with E-state index in [9.17, 15) is 4.79 Å². The predicted molar refractivity (Wildman–Crippen MR) is 70.4 cm³/mol. The number of amides is 1.